The van der Waals surface area contributed by atoms with Crippen molar-refractivity contribution >= 4 is 23.4 Å². The fourth-order valence-electron chi connectivity index (χ4n) is 1.37. The predicted molar refractivity (Wildman–Crippen MR) is 71.7 cm³/mol. The lowest BCUT2D eigenvalue weighted by molar-refractivity contribution is 0.0701. The van der Waals surface area contributed by atoms with E-state index in [1.54, 1.807) is 6.92 Å². The third-order valence-corrected chi connectivity index (χ3v) is 3.41. The minimum atomic E-state index is -0.952. The van der Waals surface area contributed by atoms with Crippen molar-refractivity contribution in [2.45, 2.75) is 19.8 Å². The summed E-state index contributed by atoms with van der Waals surface area (Å²) in [4.78, 5) is 26.4. The van der Waals surface area contributed by atoms with Gasteiger partial charge in [-0.2, -0.15) is 0 Å². The summed E-state index contributed by atoms with van der Waals surface area (Å²) in [5.74, 6) is -0.952. The van der Waals surface area contributed by atoms with Crippen LogP contribution in [0, 0.1) is 6.92 Å². The van der Waals surface area contributed by atoms with Gasteiger partial charge in [0, 0.05) is 13.0 Å². The van der Waals surface area contributed by atoms with Gasteiger partial charge in [-0.1, -0.05) is 12.7 Å². The summed E-state index contributed by atoms with van der Waals surface area (Å²) in [7, 11) is 0. The van der Waals surface area contributed by atoms with Gasteiger partial charge in [-0.3, -0.25) is 0 Å². The molecule has 1 rings (SSSR count). The van der Waals surface area contributed by atoms with E-state index in [1.165, 1.54) is 17.4 Å². The number of hydrogen-bond donors (Lipinski definition) is 2. The summed E-state index contributed by atoms with van der Waals surface area (Å²) < 4.78 is 4.74. The van der Waals surface area contributed by atoms with Gasteiger partial charge in [-0.25, -0.2) is 14.6 Å². The summed E-state index contributed by atoms with van der Waals surface area (Å²) in [6.07, 6.45) is 2.31. The Morgan fingerprint density at radius 1 is 1.58 bits per heavy atom. The zero-order valence-corrected chi connectivity index (χ0v) is 11.5. The molecule has 1 heterocycles. The molecular weight excluding hydrogens is 268 g/mol. The monoisotopic (exact) mass is 284 g/mol. The van der Waals surface area contributed by atoms with Crippen LogP contribution >= 0.6 is 11.3 Å². The van der Waals surface area contributed by atoms with E-state index in [0.29, 0.717) is 25.1 Å². The van der Waals surface area contributed by atoms with Gasteiger partial charge in [0.2, 0.25) is 0 Å². The molecule has 19 heavy (non-hydrogen) atoms. The number of alkyl carbamates (subject to hydrolysis) is 1. The number of nitrogens with zero attached hydrogens (tertiary/aromatic N) is 1. The van der Waals surface area contributed by atoms with Crippen molar-refractivity contribution in [3.8, 4) is 0 Å². The molecule has 0 saturated heterocycles. The van der Waals surface area contributed by atoms with Crippen LogP contribution < -0.4 is 5.32 Å². The first-order chi connectivity index (χ1) is 9.04. The van der Waals surface area contributed by atoms with Gasteiger partial charge in [0.15, 0.2) is 0 Å². The van der Waals surface area contributed by atoms with Crippen molar-refractivity contribution in [2.75, 3.05) is 13.2 Å². The van der Waals surface area contributed by atoms with Crippen molar-refractivity contribution in [3.05, 3.63) is 28.2 Å². The number of aryl methyl sites for hydroxylation is 2. The van der Waals surface area contributed by atoms with Crippen LogP contribution in [0.15, 0.2) is 12.7 Å². The number of aromatic carboxylic acids is 1. The summed E-state index contributed by atoms with van der Waals surface area (Å²) in [6.45, 7) is 5.74. The molecule has 1 aromatic heterocycles. The minimum Gasteiger partial charge on any atom is -0.477 e. The van der Waals surface area contributed by atoms with Crippen molar-refractivity contribution < 1.29 is 19.4 Å². The van der Waals surface area contributed by atoms with Crippen LogP contribution in [0.25, 0.3) is 0 Å². The van der Waals surface area contributed by atoms with Gasteiger partial charge >= 0.3 is 12.1 Å². The molecule has 0 aliphatic heterocycles. The molecule has 0 radical (unpaired) electrons. The first kappa shape index (κ1) is 15.2. The first-order valence-electron chi connectivity index (χ1n) is 5.75. The van der Waals surface area contributed by atoms with Crippen LogP contribution in [0.3, 0.4) is 0 Å². The van der Waals surface area contributed by atoms with Crippen molar-refractivity contribution in [2.24, 2.45) is 0 Å². The molecule has 0 aliphatic rings. The normalized spacial score (nSPS) is 9.95. The third-order valence-electron chi connectivity index (χ3n) is 2.20. The fourth-order valence-corrected chi connectivity index (χ4v) is 2.32. The zero-order valence-electron chi connectivity index (χ0n) is 10.6. The highest BCUT2D eigenvalue weighted by atomic mass is 32.1. The van der Waals surface area contributed by atoms with Gasteiger partial charge in [0.1, 0.15) is 11.5 Å². The Labute approximate surface area is 115 Å². The smallest absolute Gasteiger partial charge is 0.407 e. The second-order valence-electron chi connectivity index (χ2n) is 3.74. The van der Waals surface area contributed by atoms with Crippen LogP contribution in [0.1, 0.15) is 26.8 Å². The number of nitrogens with one attached hydrogen (secondary N) is 1. The summed E-state index contributed by atoms with van der Waals surface area (Å²) in [5, 5.41) is 12.2. The molecule has 7 heteroatoms. The number of carbonyl (C=O) groups is 2. The zero-order chi connectivity index (χ0) is 14.3. The van der Waals surface area contributed by atoms with E-state index in [4.69, 9.17) is 9.84 Å². The number of amides is 1. The average molecular weight is 284 g/mol. The summed E-state index contributed by atoms with van der Waals surface area (Å²) in [6, 6.07) is 0. The molecule has 1 aromatic rings. The predicted octanol–water partition coefficient (Wildman–Crippen LogP) is 1.99. The number of aromatic nitrogens is 1. The minimum absolute atomic E-state index is 0.180. The first-order valence-corrected chi connectivity index (χ1v) is 6.57. The van der Waals surface area contributed by atoms with Crippen molar-refractivity contribution in [3.63, 3.8) is 0 Å². The third kappa shape index (κ3) is 5.09. The van der Waals surface area contributed by atoms with Gasteiger partial charge in [0.05, 0.1) is 10.7 Å². The highest BCUT2D eigenvalue weighted by molar-refractivity contribution is 7.13. The van der Waals surface area contributed by atoms with Gasteiger partial charge in [0.25, 0.3) is 0 Å². The van der Waals surface area contributed by atoms with Crippen LogP contribution in [-0.2, 0) is 11.2 Å². The molecule has 0 saturated carbocycles. The second kappa shape index (κ2) is 7.52. The standard InChI is InChI=1S/C12H16N2O4S/c1-3-7-18-12(17)13-6-4-5-9-14-8(2)10(19-9)11(15)16/h3H,1,4-7H2,2H3,(H,13,17)(H,15,16). The van der Waals surface area contributed by atoms with Gasteiger partial charge in [-0.05, 0) is 13.3 Å². The van der Waals surface area contributed by atoms with Gasteiger partial charge < -0.3 is 15.2 Å². The van der Waals surface area contributed by atoms with Crippen LogP contribution in [0.4, 0.5) is 4.79 Å². The quantitative estimate of drug-likeness (QED) is 0.590. The summed E-state index contributed by atoms with van der Waals surface area (Å²) >= 11 is 1.17. The van der Waals surface area contributed by atoms with Crippen LogP contribution in [0.5, 0.6) is 0 Å². The Bertz CT molecular complexity index is 470. The SMILES string of the molecule is C=CCOC(=O)NCCCc1nc(C)c(C(=O)O)s1. The number of carbonyl (C=O) groups excluding carboxylic acids is 1. The molecule has 2 N–H and O–H groups in total. The number of carboxylic acid groups (broad SMARTS) is 1. The Kier molecular flexibility index (Phi) is 6.01. The molecule has 104 valence electrons. The number of rotatable bonds is 7. The number of thiazole rings is 1. The Morgan fingerprint density at radius 3 is 2.89 bits per heavy atom. The lowest BCUT2D eigenvalue weighted by Crippen LogP contribution is -2.25. The maximum atomic E-state index is 11.1. The molecular formula is C12H16N2O4S. The lowest BCUT2D eigenvalue weighted by Gasteiger charge is -2.03. The lowest BCUT2D eigenvalue weighted by atomic mass is 10.3. The van der Waals surface area contributed by atoms with Gasteiger partial charge in [-0.15, -0.1) is 11.3 Å². The van der Waals surface area contributed by atoms with E-state index in [2.05, 4.69) is 16.9 Å². The van der Waals surface area contributed by atoms with Crippen molar-refractivity contribution in [1.82, 2.24) is 10.3 Å². The maximum absolute atomic E-state index is 11.1. The number of carboxylic acids is 1. The summed E-state index contributed by atoms with van der Waals surface area (Å²) in [5.41, 5.74) is 0.533. The second-order valence-corrected chi connectivity index (χ2v) is 4.83. The molecule has 0 bridgehead atoms. The molecule has 0 aromatic carbocycles. The number of ether oxygens (including phenoxy) is 1. The maximum Gasteiger partial charge on any atom is 0.407 e. The fraction of sp³-hybridized carbons (Fsp3) is 0.417. The molecule has 0 spiro atoms. The molecule has 0 aliphatic carbocycles. The molecule has 0 fully saturated rings. The average Bonchev–Trinajstić information content (AvgIpc) is 2.73. The molecule has 0 unspecified atom stereocenters. The van der Waals surface area contributed by atoms with Crippen molar-refractivity contribution in [1.29, 1.82) is 0 Å². The van der Waals surface area contributed by atoms with E-state index >= 15 is 0 Å². The molecule has 0 atom stereocenters. The van der Waals surface area contributed by atoms with E-state index < -0.39 is 12.1 Å². The highest BCUT2D eigenvalue weighted by Crippen LogP contribution is 2.18. The topological polar surface area (TPSA) is 88.5 Å². The van der Waals surface area contributed by atoms with E-state index in [-0.39, 0.29) is 11.5 Å². The Hall–Kier alpha value is -1.89. The van der Waals surface area contributed by atoms with Crippen LogP contribution in [-0.4, -0.2) is 35.3 Å². The molecule has 6 nitrogen and oxygen atoms in total. The Morgan fingerprint density at radius 2 is 2.32 bits per heavy atom. The van der Waals surface area contributed by atoms with E-state index in [1.807, 2.05) is 0 Å². The number of hydrogen-bond acceptors (Lipinski definition) is 5. The van der Waals surface area contributed by atoms with E-state index in [9.17, 15) is 9.59 Å². The largest absolute Gasteiger partial charge is 0.477 e. The van der Waals surface area contributed by atoms with E-state index in [0.717, 1.165) is 5.01 Å². The Balaban J connectivity index is 2.30. The molecule has 1 amide bonds. The van der Waals surface area contributed by atoms with Crippen LogP contribution in [0.2, 0.25) is 0 Å². The highest BCUT2D eigenvalue weighted by Gasteiger charge is 2.13.